The highest BCUT2D eigenvalue weighted by atomic mass is 16.3. The van der Waals surface area contributed by atoms with E-state index < -0.39 is 0 Å². The molecule has 0 aromatic heterocycles. The van der Waals surface area contributed by atoms with Gasteiger partial charge in [0.1, 0.15) is 0 Å². The summed E-state index contributed by atoms with van der Waals surface area (Å²) in [6, 6.07) is 0. The Morgan fingerprint density at radius 3 is 2.69 bits per heavy atom. The second-order valence-electron chi connectivity index (χ2n) is 11.1. The first-order valence-corrected chi connectivity index (χ1v) is 12.2. The first-order valence-electron chi connectivity index (χ1n) is 12.2. The van der Waals surface area contributed by atoms with Gasteiger partial charge < -0.3 is 5.11 Å². The molecule has 4 aliphatic rings. The van der Waals surface area contributed by atoms with Gasteiger partial charge in [0, 0.05) is 0 Å². The normalized spacial score (nSPS) is 43.3. The van der Waals surface area contributed by atoms with Gasteiger partial charge in [-0.15, -0.1) is 0 Å². The van der Waals surface area contributed by atoms with E-state index >= 15 is 0 Å². The molecule has 1 N–H and O–H groups in total. The molecule has 0 amide bonds. The molecule has 7 atom stereocenters. The van der Waals surface area contributed by atoms with Crippen LogP contribution in [0.2, 0.25) is 0 Å². The standard InChI is InChI=1S/C28H42O/c1-6-19(2)8-7-9-20(3)24-12-13-25-23-11-10-21-18-22(29)14-16-27(21,4)26(23)15-17-28(24,25)5/h6-7,9-11,20,22,24-26,29H,8,12-18H2,1-5H3/t20-,22+,24-,25+,26+,27+,28-/m1/s1. The third-order valence-corrected chi connectivity index (χ3v) is 9.62. The van der Waals surface area contributed by atoms with Crippen LogP contribution in [0.25, 0.3) is 0 Å². The highest BCUT2D eigenvalue weighted by Gasteiger charge is 2.56. The predicted molar refractivity (Wildman–Crippen MR) is 124 cm³/mol. The lowest BCUT2D eigenvalue weighted by atomic mass is 9.50. The number of aliphatic hydroxyl groups excluding tert-OH is 1. The molecule has 0 bridgehead atoms. The van der Waals surface area contributed by atoms with Crippen LogP contribution in [0.3, 0.4) is 0 Å². The van der Waals surface area contributed by atoms with Crippen molar-refractivity contribution in [2.45, 2.75) is 92.1 Å². The molecule has 1 heteroatoms. The average molecular weight is 395 g/mol. The van der Waals surface area contributed by atoms with Crippen molar-refractivity contribution in [3.8, 4) is 0 Å². The van der Waals surface area contributed by atoms with Crippen molar-refractivity contribution in [1.82, 2.24) is 0 Å². The molecule has 4 rings (SSSR count). The smallest absolute Gasteiger partial charge is 0.0578 e. The van der Waals surface area contributed by atoms with Crippen LogP contribution in [0, 0.1) is 34.5 Å². The van der Waals surface area contributed by atoms with Crippen molar-refractivity contribution < 1.29 is 5.11 Å². The highest BCUT2D eigenvalue weighted by molar-refractivity contribution is 5.39. The maximum absolute atomic E-state index is 10.2. The maximum atomic E-state index is 10.2. The Balaban J connectivity index is 1.55. The monoisotopic (exact) mass is 394 g/mol. The Kier molecular flexibility index (Phi) is 5.75. The van der Waals surface area contributed by atoms with Crippen molar-refractivity contribution in [3.63, 3.8) is 0 Å². The molecule has 0 saturated heterocycles. The van der Waals surface area contributed by atoms with Gasteiger partial charge in [0.25, 0.3) is 0 Å². The number of aliphatic hydroxyl groups is 1. The lowest BCUT2D eigenvalue weighted by Crippen LogP contribution is -2.46. The summed E-state index contributed by atoms with van der Waals surface area (Å²) in [5.74, 6) is 2.96. The molecule has 29 heavy (non-hydrogen) atoms. The van der Waals surface area contributed by atoms with Crippen LogP contribution in [0.15, 0.2) is 47.1 Å². The van der Waals surface area contributed by atoms with E-state index in [1.54, 1.807) is 5.57 Å². The van der Waals surface area contributed by atoms with Gasteiger partial charge in [0.05, 0.1) is 6.10 Å². The zero-order valence-corrected chi connectivity index (χ0v) is 19.4. The van der Waals surface area contributed by atoms with E-state index in [0.717, 1.165) is 43.4 Å². The van der Waals surface area contributed by atoms with E-state index in [4.69, 9.17) is 0 Å². The van der Waals surface area contributed by atoms with Crippen LogP contribution < -0.4 is 0 Å². The van der Waals surface area contributed by atoms with E-state index in [1.807, 2.05) is 0 Å². The fraction of sp³-hybridized carbons (Fsp3) is 0.714. The number of rotatable bonds is 4. The zero-order valence-electron chi connectivity index (χ0n) is 19.4. The lowest BCUT2D eigenvalue weighted by molar-refractivity contribution is 0.0383. The first kappa shape index (κ1) is 21.2. The van der Waals surface area contributed by atoms with Crippen LogP contribution in [-0.2, 0) is 0 Å². The summed E-state index contributed by atoms with van der Waals surface area (Å²) in [6.07, 6.45) is 21.6. The molecular formula is C28H42O. The first-order chi connectivity index (χ1) is 13.8. The summed E-state index contributed by atoms with van der Waals surface area (Å²) < 4.78 is 0. The molecule has 0 aromatic rings. The minimum Gasteiger partial charge on any atom is -0.393 e. The average Bonchev–Trinajstić information content (AvgIpc) is 3.05. The Labute approximate surface area is 179 Å². The van der Waals surface area contributed by atoms with E-state index in [-0.39, 0.29) is 6.10 Å². The van der Waals surface area contributed by atoms with Gasteiger partial charge in [-0.25, -0.2) is 0 Å². The molecule has 0 spiro atoms. The van der Waals surface area contributed by atoms with Crippen molar-refractivity contribution >= 4 is 0 Å². The molecule has 4 aliphatic carbocycles. The van der Waals surface area contributed by atoms with Crippen molar-refractivity contribution in [3.05, 3.63) is 47.1 Å². The van der Waals surface area contributed by atoms with E-state index in [9.17, 15) is 5.11 Å². The molecular weight excluding hydrogens is 352 g/mol. The van der Waals surface area contributed by atoms with E-state index in [1.165, 1.54) is 36.8 Å². The number of hydrogen-bond acceptors (Lipinski definition) is 1. The highest BCUT2D eigenvalue weighted by Crippen LogP contribution is 2.65. The second-order valence-corrected chi connectivity index (χ2v) is 11.1. The molecule has 0 radical (unpaired) electrons. The van der Waals surface area contributed by atoms with Crippen molar-refractivity contribution in [2.75, 3.05) is 0 Å². The van der Waals surface area contributed by atoms with Gasteiger partial charge in [-0.05, 0) is 99.7 Å². The summed E-state index contributed by atoms with van der Waals surface area (Å²) in [6.45, 7) is 11.9. The molecule has 1 nitrogen and oxygen atoms in total. The number of allylic oxidation sites excluding steroid dienone is 7. The van der Waals surface area contributed by atoms with E-state index in [2.05, 4.69) is 65.0 Å². The van der Waals surface area contributed by atoms with Crippen LogP contribution in [-0.4, -0.2) is 11.2 Å². The van der Waals surface area contributed by atoms with Crippen LogP contribution >= 0.6 is 0 Å². The molecule has 0 heterocycles. The molecule has 160 valence electrons. The largest absolute Gasteiger partial charge is 0.393 e. The summed E-state index contributed by atoms with van der Waals surface area (Å²) >= 11 is 0. The predicted octanol–water partition coefficient (Wildman–Crippen LogP) is 7.40. The minimum absolute atomic E-state index is 0.118. The van der Waals surface area contributed by atoms with Crippen LogP contribution in [0.5, 0.6) is 0 Å². The fourth-order valence-corrected chi connectivity index (χ4v) is 7.61. The molecule has 3 saturated carbocycles. The van der Waals surface area contributed by atoms with Crippen LogP contribution in [0.1, 0.15) is 86.0 Å². The third kappa shape index (κ3) is 3.52. The van der Waals surface area contributed by atoms with Crippen molar-refractivity contribution in [1.29, 1.82) is 0 Å². The van der Waals surface area contributed by atoms with Gasteiger partial charge in [0.2, 0.25) is 0 Å². The van der Waals surface area contributed by atoms with Crippen molar-refractivity contribution in [2.24, 2.45) is 34.5 Å². The number of fused-ring (bicyclic) bond motifs is 5. The van der Waals surface area contributed by atoms with Gasteiger partial charge in [-0.1, -0.05) is 67.9 Å². The summed E-state index contributed by atoms with van der Waals surface area (Å²) in [5, 5.41) is 10.2. The quantitative estimate of drug-likeness (QED) is 0.493. The number of hydrogen-bond donors (Lipinski definition) is 1. The third-order valence-electron chi connectivity index (χ3n) is 9.62. The SMILES string of the molecule is CC=C(C)CC=C[C@@H](C)[C@H]1CC[C@H]2C3=CC=C4C[C@@H](O)CC[C@]4(C)[C@H]3CC[C@]12C. The second kappa shape index (κ2) is 7.88. The molecule has 0 aromatic carbocycles. The Morgan fingerprint density at radius 1 is 1.14 bits per heavy atom. The van der Waals surface area contributed by atoms with Gasteiger partial charge in [-0.2, -0.15) is 0 Å². The molecule has 0 unspecified atom stereocenters. The zero-order chi connectivity index (χ0) is 20.8. The maximum Gasteiger partial charge on any atom is 0.0578 e. The fourth-order valence-electron chi connectivity index (χ4n) is 7.61. The summed E-state index contributed by atoms with van der Waals surface area (Å²) in [5.41, 5.74) is 5.52. The van der Waals surface area contributed by atoms with Gasteiger partial charge in [-0.3, -0.25) is 0 Å². The van der Waals surface area contributed by atoms with Crippen LogP contribution in [0.4, 0.5) is 0 Å². The minimum atomic E-state index is -0.118. The Bertz CT molecular complexity index is 752. The Hall–Kier alpha value is -1.08. The lowest BCUT2D eigenvalue weighted by Gasteiger charge is -2.55. The topological polar surface area (TPSA) is 20.2 Å². The van der Waals surface area contributed by atoms with Gasteiger partial charge in [0.15, 0.2) is 0 Å². The summed E-state index contributed by atoms with van der Waals surface area (Å²) in [4.78, 5) is 0. The Morgan fingerprint density at radius 2 is 1.93 bits per heavy atom. The summed E-state index contributed by atoms with van der Waals surface area (Å²) in [7, 11) is 0. The molecule has 3 fully saturated rings. The van der Waals surface area contributed by atoms with Gasteiger partial charge >= 0.3 is 0 Å². The van der Waals surface area contributed by atoms with E-state index in [0.29, 0.717) is 16.7 Å². The molecule has 0 aliphatic heterocycles.